The van der Waals surface area contributed by atoms with Gasteiger partial charge in [-0.1, -0.05) is 0 Å². The lowest BCUT2D eigenvalue weighted by Crippen LogP contribution is -2.36. The van der Waals surface area contributed by atoms with E-state index in [-0.39, 0.29) is 0 Å². The summed E-state index contributed by atoms with van der Waals surface area (Å²) in [6.07, 6.45) is 4.53. The maximum Gasteiger partial charge on any atom is 0.109 e. The van der Waals surface area contributed by atoms with Crippen LogP contribution in [0.25, 0.3) is 0 Å². The lowest BCUT2D eigenvalue weighted by Gasteiger charge is -2.26. The number of hydrogen-bond donors (Lipinski definition) is 1. The molecule has 3 nitrogen and oxygen atoms in total. The van der Waals surface area contributed by atoms with Crippen LogP contribution in [0.3, 0.4) is 0 Å². The predicted molar refractivity (Wildman–Crippen MR) is 64.2 cm³/mol. The number of thiazole rings is 1. The molecule has 0 saturated carbocycles. The molecular formula is C11H19N3S. The molecule has 0 unspecified atom stereocenters. The van der Waals surface area contributed by atoms with Gasteiger partial charge in [0.15, 0.2) is 0 Å². The van der Waals surface area contributed by atoms with Gasteiger partial charge in [0.1, 0.15) is 5.01 Å². The summed E-state index contributed by atoms with van der Waals surface area (Å²) < 4.78 is 0. The van der Waals surface area contributed by atoms with Gasteiger partial charge < -0.3 is 5.32 Å². The minimum atomic E-state index is 0.437. The molecule has 2 atom stereocenters. The second-order valence-corrected chi connectivity index (χ2v) is 5.21. The smallest absolute Gasteiger partial charge is 0.109 e. The van der Waals surface area contributed by atoms with E-state index >= 15 is 0 Å². The number of rotatable bonds is 4. The molecule has 1 N–H and O–H groups in total. The van der Waals surface area contributed by atoms with Crippen LogP contribution in [-0.2, 0) is 0 Å². The average molecular weight is 225 g/mol. The highest BCUT2D eigenvalue weighted by Gasteiger charge is 2.20. The van der Waals surface area contributed by atoms with Crippen LogP contribution in [-0.4, -0.2) is 36.1 Å². The molecule has 1 fully saturated rings. The van der Waals surface area contributed by atoms with E-state index in [1.165, 1.54) is 24.4 Å². The van der Waals surface area contributed by atoms with Gasteiger partial charge in [-0.05, 0) is 33.4 Å². The van der Waals surface area contributed by atoms with Gasteiger partial charge in [-0.3, -0.25) is 4.90 Å². The maximum absolute atomic E-state index is 4.37. The summed E-state index contributed by atoms with van der Waals surface area (Å²) in [5, 5.41) is 6.80. The Bertz CT molecular complexity index is 280. The molecule has 0 amide bonds. The van der Waals surface area contributed by atoms with Crippen LogP contribution < -0.4 is 5.32 Å². The van der Waals surface area contributed by atoms with Crippen LogP contribution in [0.15, 0.2) is 11.6 Å². The molecule has 1 aliphatic rings. The van der Waals surface area contributed by atoms with Gasteiger partial charge in [0.25, 0.3) is 0 Å². The summed E-state index contributed by atoms with van der Waals surface area (Å²) >= 11 is 1.74. The molecule has 0 spiro atoms. The van der Waals surface area contributed by atoms with Crippen molar-refractivity contribution in [1.29, 1.82) is 0 Å². The van der Waals surface area contributed by atoms with Gasteiger partial charge in [0.05, 0.1) is 6.04 Å². The predicted octanol–water partition coefficient (Wildman–Crippen LogP) is 1.89. The first-order chi connectivity index (χ1) is 7.27. The molecule has 15 heavy (non-hydrogen) atoms. The van der Waals surface area contributed by atoms with Crippen LogP contribution in [0, 0.1) is 0 Å². The van der Waals surface area contributed by atoms with Crippen LogP contribution in [0.1, 0.15) is 30.8 Å². The van der Waals surface area contributed by atoms with Crippen molar-refractivity contribution in [3.8, 4) is 0 Å². The molecule has 0 radical (unpaired) electrons. The monoisotopic (exact) mass is 225 g/mol. The number of nitrogens with one attached hydrogen (secondary N) is 1. The molecule has 0 aliphatic carbocycles. The van der Waals surface area contributed by atoms with E-state index in [0.717, 1.165) is 6.54 Å². The Morgan fingerprint density at radius 2 is 2.60 bits per heavy atom. The average Bonchev–Trinajstić information content (AvgIpc) is 2.88. The van der Waals surface area contributed by atoms with Crippen LogP contribution in [0.5, 0.6) is 0 Å². The molecule has 0 aromatic carbocycles. The number of hydrogen-bond acceptors (Lipinski definition) is 4. The van der Waals surface area contributed by atoms with Gasteiger partial charge in [-0.2, -0.15) is 0 Å². The Morgan fingerprint density at radius 3 is 3.20 bits per heavy atom. The summed E-state index contributed by atoms with van der Waals surface area (Å²) in [7, 11) is 2.19. The number of nitrogens with zero attached hydrogens (tertiary/aromatic N) is 2. The molecule has 1 saturated heterocycles. The molecule has 1 aliphatic heterocycles. The second-order valence-electron chi connectivity index (χ2n) is 4.28. The summed E-state index contributed by atoms with van der Waals surface area (Å²) in [6.45, 7) is 4.54. The van der Waals surface area contributed by atoms with Crippen molar-refractivity contribution in [2.45, 2.75) is 31.8 Å². The Kier molecular flexibility index (Phi) is 3.72. The quantitative estimate of drug-likeness (QED) is 0.848. The summed E-state index contributed by atoms with van der Waals surface area (Å²) in [5.74, 6) is 0. The third-order valence-corrected chi connectivity index (χ3v) is 4.09. The Morgan fingerprint density at radius 1 is 1.73 bits per heavy atom. The summed E-state index contributed by atoms with van der Waals surface area (Å²) in [4.78, 5) is 6.76. The van der Waals surface area contributed by atoms with Crippen molar-refractivity contribution >= 4 is 11.3 Å². The normalized spacial score (nSPS) is 23.5. The lowest BCUT2D eigenvalue weighted by molar-refractivity contribution is 0.238. The zero-order valence-electron chi connectivity index (χ0n) is 9.44. The highest BCUT2D eigenvalue weighted by atomic mass is 32.1. The summed E-state index contributed by atoms with van der Waals surface area (Å²) in [5.41, 5.74) is 0. The molecule has 1 aromatic rings. The van der Waals surface area contributed by atoms with Crippen molar-refractivity contribution < 1.29 is 0 Å². The van der Waals surface area contributed by atoms with E-state index in [2.05, 4.69) is 29.2 Å². The highest BCUT2D eigenvalue weighted by Crippen LogP contribution is 2.21. The lowest BCUT2D eigenvalue weighted by atomic mass is 10.2. The first kappa shape index (κ1) is 11.0. The van der Waals surface area contributed by atoms with E-state index < -0.39 is 0 Å². The molecule has 2 heterocycles. The van der Waals surface area contributed by atoms with Crippen molar-refractivity contribution in [1.82, 2.24) is 15.2 Å². The third-order valence-electron chi connectivity index (χ3n) is 3.14. The second kappa shape index (κ2) is 5.05. The van der Waals surface area contributed by atoms with E-state index in [0.29, 0.717) is 12.1 Å². The molecule has 2 rings (SSSR count). The molecule has 1 aromatic heterocycles. The highest BCUT2D eigenvalue weighted by molar-refractivity contribution is 7.09. The largest absolute Gasteiger partial charge is 0.313 e. The van der Waals surface area contributed by atoms with E-state index in [1.807, 2.05) is 11.6 Å². The number of likely N-dealkylation sites (N-methyl/N-ethyl adjacent to an activating group) is 1. The van der Waals surface area contributed by atoms with Crippen molar-refractivity contribution in [3.05, 3.63) is 16.6 Å². The van der Waals surface area contributed by atoms with E-state index in [4.69, 9.17) is 0 Å². The van der Waals surface area contributed by atoms with E-state index in [1.54, 1.807) is 11.3 Å². The number of aromatic nitrogens is 1. The van der Waals surface area contributed by atoms with Crippen LogP contribution >= 0.6 is 11.3 Å². The van der Waals surface area contributed by atoms with Crippen LogP contribution in [0.2, 0.25) is 0 Å². The van der Waals surface area contributed by atoms with Gasteiger partial charge in [0.2, 0.25) is 0 Å². The Balaban J connectivity index is 1.87. The fourth-order valence-corrected chi connectivity index (χ4v) is 2.81. The van der Waals surface area contributed by atoms with Gasteiger partial charge in [-0.15, -0.1) is 11.3 Å². The zero-order chi connectivity index (χ0) is 10.7. The zero-order valence-corrected chi connectivity index (χ0v) is 10.3. The van der Waals surface area contributed by atoms with Crippen LogP contribution in [0.4, 0.5) is 0 Å². The Labute approximate surface area is 95.5 Å². The topological polar surface area (TPSA) is 28.2 Å². The molecule has 84 valence electrons. The minimum Gasteiger partial charge on any atom is -0.313 e. The molecule has 4 heteroatoms. The van der Waals surface area contributed by atoms with E-state index in [9.17, 15) is 0 Å². The molecule has 0 bridgehead atoms. The fourth-order valence-electron chi connectivity index (χ4n) is 2.05. The SMILES string of the molecule is C[C@@H](c1nccs1)N(C)C[C@@H]1CCCN1. The van der Waals surface area contributed by atoms with Gasteiger partial charge >= 0.3 is 0 Å². The Hall–Kier alpha value is -0.450. The third kappa shape index (κ3) is 2.77. The summed E-state index contributed by atoms with van der Waals surface area (Å²) in [6, 6.07) is 1.12. The van der Waals surface area contributed by atoms with Crippen molar-refractivity contribution in [2.75, 3.05) is 20.1 Å². The minimum absolute atomic E-state index is 0.437. The van der Waals surface area contributed by atoms with Gasteiger partial charge in [0, 0.05) is 24.2 Å². The van der Waals surface area contributed by atoms with Crippen molar-refractivity contribution in [2.24, 2.45) is 0 Å². The first-order valence-electron chi connectivity index (χ1n) is 5.60. The first-order valence-corrected chi connectivity index (χ1v) is 6.48. The maximum atomic E-state index is 4.37. The van der Waals surface area contributed by atoms with Gasteiger partial charge in [-0.25, -0.2) is 4.98 Å². The fraction of sp³-hybridized carbons (Fsp3) is 0.727. The van der Waals surface area contributed by atoms with Crippen molar-refractivity contribution in [3.63, 3.8) is 0 Å². The standard InChI is InChI=1S/C11H19N3S/c1-9(11-13-6-7-15-11)14(2)8-10-4-3-5-12-10/h6-7,9-10,12H,3-5,8H2,1-2H3/t9-,10-/m0/s1. The molecular weight excluding hydrogens is 206 g/mol.